The molecule has 0 radical (unpaired) electrons. The molecule has 0 saturated heterocycles. The van der Waals surface area contributed by atoms with Crippen molar-refractivity contribution in [2.45, 2.75) is 13.0 Å². The third-order valence-corrected chi connectivity index (χ3v) is 2.94. The second kappa shape index (κ2) is 7.01. The topological polar surface area (TPSA) is 67.9 Å². The second-order valence-electron chi connectivity index (χ2n) is 4.12. The average Bonchev–Trinajstić information content (AvgIpc) is 2.45. The Morgan fingerprint density at radius 2 is 2.16 bits per heavy atom. The van der Waals surface area contributed by atoms with Crippen molar-refractivity contribution >= 4 is 17.4 Å². The first-order valence-electron chi connectivity index (χ1n) is 6.10. The van der Waals surface area contributed by atoms with E-state index in [-0.39, 0.29) is 0 Å². The molecule has 0 unspecified atom stereocenters. The molecule has 2 aromatic heterocycles. The molecule has 0 bridgehead atoms. The highest BCUT2D eigenvalue weighted by atomic mass is 35.5. The van der Waals surface area contributed by atoms with Gasteiger partial charge in [0.05, 0.1) is 6.20 Å². The number of rotatable bonds is 6. The van der Waals surface area contributed by atoms with Gasteiger partial charge in [-0.3, -0.25) is 4.98 Å². The first kappa shape index (κ1) is 13.7. The van der Waals surface area contributed by atoms with Crippen LogP contribution in [0.3, 0.4) is 0 Å². The molecule has 5 nitrogen and oxygen atoms in total. The smallest absolute Gasteiger partial charge is 0.151 e. The molecule has 6 heteroatoms. The minimum atomic E-state index is 0.545. The summed E-state index contributed by atoms with van der Waals surface area (Å²) in [5.74, 6) is 0.731. The molecule has 19 heavy (non-hydrogen) atoms. The standard InChI is InChI=1S/C13H16ClN5/c14-12-8-17-10-18-13(12)19(6-2-4-15)9-11-3-1-5-16-7-11/h1,3,5,7-8,10H,2,4,6,9,15H2. The minimum Gasteiger partial charge on any atom is -0.351 e. The molecule has 2 heterocycles. The number of halogens is 1. The molecule has 2 N–H and O–H groups in total. The van der Waals surface area contributed by atoms with E-state index < -0.39 is 0 Å². The number of hydrogen-bond acceptors (Lipinski definition) is 5. The third-order valence-electron chi connectivity index (χ3n) is 2.68. The average molecular weight is 278 g/mol. The number of pyridine rings is 1. The van der Waals surface area contributed by atoms with Crippen molar-refractivity contribution in [2.75, 3.05) is 18.0 Å². The van der Waals surface area contributed by atoms with E-state index >= 15 is 0 Å². The van der Waals surface area contributed by atoms with E-state index in [4.69, 9.17) is 17.3 Å². The first-order chi connectivity index (χ1) is 9.31. The van der Waals surface area contributed by atoms with Gasteiger partial charge in [-0.15, -0.1) is 0 Å². The Hall–Kier alpha value is -1.72. The van der Waals surface area contributed by atoms with Gasteiger partial charge >= 0.3 is 0 Å². The number of nitrogens with two attached hydrogens (primary N) is 1. The summed E-state index contributed by atoms with van der Waals surface area (Å²) in [6.07, 6.45) is 7.57. The van der Waals surface area contributed by atoms with Crippen LogP contribution in [0, 0.1) is 0 Å². The molecule has 2 aromatic rings. The van der Waals surface area contributed by atoms with E-state index in [9.17, 15) is 0 Å². The maximum absolute atomic E-state index is 6.15. The van der Waals surface area contributed by atoms with Gasteiger partial charge in [-0.1, -0.05) is 17.7 Å². The van der Waals surface area contributed by atoms with Gasteiger partial charge < -0.3 is 10.6 Å². The molecule has 0 atom stereocenters. The number of aromatic nitrogens is 3. The predicted octanol–water partition coefficient (Wildman–Crippen LogP) is 1.88. The number of anilines is 1. The zero-order valence-corrected chi connectivity index (χ0v) is 11.3. The molecule has 100 valence electrons. The van der Waals surface area contributed by atoms with Gasteiger partial charge in [-0.05, 0) is 24.6 Å². The van der Waals surface area contributed by atoms with Crippen LogP contribution in [-0.4, -0.2) is 28.0 Å². The monoisotopic (exact) mass is 277 g/mol. The lowest BCUT2D eigenvalue weighted by Gasteiger charge is -2.24. The molecular weight excluding hydrogens is 262 g/mol. The highest BCUT2D eigenvalue weighted by Gasteiger charge is 2.12. The summed E-state index contributed by atoms with van der Waals surface area (Å²) in [5, 5.41) is 0.545. The van der Waals surface area contributed by atoms with E-state index in [2.05, 4.69) is 19.9 Å². The van der Waals surface area contributed by atoms with E-state index in [1.54, 1.807) is 12.4 Å². The summed E-state index contributed by atoms with van der Waals surface area (Å²) >= 11 is 6.15. The Labute approximate surface area is 117 Å². The number of nitrogens with zero attached hydrogens (tertiary/aromatic N) is 4. The zero-order chi connectivity index (χ0) is 13.5. The molecule has 2 rings (SSSR count). The Morgan fingerprint density at radius 3 is 2.84 bits per heavy atom. The van der Waals surface area contributed by atoms with E-state index in [0.717, 1.165) is 24.3 Å². The predicted molar refractivity (Wildman–Crippen MR) is 76.0 cm³/mol. The van der Waals surface area contributed by atoms with Crippen molar-refractivity contribution in [1.82, 2.24) is 15.0 Å². The summed E-state index contributed by atoms with van der Waals surface area (Å²) < 4.78 is 0. The summed E-state index contributed by atoms with van der Waals surface area (Å²) in [7, 11) is 0. The fourth-order valence-corrected chi connectivity index (χ4v) is 2.02. The van der Waals surface area contributed by atoms with Crippen LogP contribution in [0.4, 0.5) is 5.82 Å². The van der Waals surface area contributed by atoms with Gasteiger partial charge in [0.25, 0.3) is 0 Å². The van der Waals surface area contributed by atoms with Crippen molar-refractivity contribution in [3.05, 3.63) is 47.6 Å². The summed E-state index contributed by atoms with van der Waals surface area (Å²) in [5.41, 5.74) is 6.69. The van der Waals surface area contributed by atoms with Crippen molar-refractivity contribution in [3.8, 4) is 0 Å². The molecule has 0 amide bonds. The fourth-order valence-electron chi connectivity index (χ4n) is 1.79. The van der Waals surface area contributed by atoms with Crippen LogP contribution >= 0.6 is 11.6 Å². The van der Waals surface area contributed by atoms with Gasteiger partial charge in [0.15, 0.2) is 5.82 Å². The van der Waals surface area contributed by atoms with Crippen LogP contribution in [0.15, 0.2) is 37.1 Å². The molecule has 0 aromatic carbocycles. The quantitative estimate of drug-likeness (QED) is 0.873. The third kappa shape index (κ3) is 3.87. The molecule has 0 fully saturated rings. The van der Waals surface area contributed by atoms with Gasteiger partial charge in [0, 0.05) is 25.5 Å². The summed E-state index contributed by atoms with van der Waals surface area (Å²) in [6.45, 7) is 2.12. The second-order valence-corrected chi connectivity index (χ2v) is 4.53. The van der Waals surface area contributed by atoms with Crippen molar-refractivity contribution in [2.24, 2.45) is 5.73 Å². The molecule has 0 aliphatic carbocycles. The van der Waals surface area contributed by atoms with Crippen LogP contribution in [-0.2, 0) is 6.54 Å². The van der Waals surface area contributed by atoms with Crippen LogP contribution in [0.2, 0.25) is 5.02 Å². The van der Waals surface area contributed by atoms with Crippen molar-refractivity contribution < 1.29 is 0 Å². The van der Waals surface area contributed by atoms with Crippen molar-refractivity contribution in [3.63, 3.8) is 0 Å². The molecule has 0 spiro atoms. The number of hydrogen-bond donors (Lipinski definition) is 1. The highest BCUT2D eigenvalue weighted by Crippen LogP contribution is 2.23. The normalized spacial score (nSPS) is 10.4. The highest BCUT2D eigenvalue weighted by molar-refractivity contribution is 6.32. The lowest BCUT2D eigenvalue weighted by Crippen LogP contribution is -2.27. The Kier molecular flexibility index (Phi) is 5.06. The zero-order valence-electron chi connectivity index (χ0n) is 10.5. The van der Waals surface area contributed by atoms with Crippen LogP contribution < -0.4 is 10.6 Å². The summed E-state index contributed by atoms with van der Waals surface area (Å²) in [4.78, 5) is 14.4. The Morgan fingerprint density at radius 1 is 1.26 bits per heavy atom. The van der Waals surface area contributed by atoms with E-state index in [1.807, 2.05) is 18.3 Å². The van der Waals surface area contributed by atoms with Gasteiger partial charge in [-0.2, -0.15) is 0 Å². The molecule has 0 aliphatic heterocycles. The Balaban J connectivity index is 2.19. The SMILES string of the molecule is NCCCN(Cc1cccnc1)c1ncncc1Cl. The molecule has 0 saturated carbocycles. The Bertz CT molecular complexity index is 505. The molecular formula is C13H16ClN5. The lowest BCUT2D eigenvalue weighted by molar-refractivity contribution is 0.723. The van der Waals surface area contributed by atoms with Crippen molar-refractivity contribution in [1.29, 1.82) is 0 Å². The van der Waals surface area contributed by atoms with E-state index in [0.29, 0.717) is 18.1 Å². The van der Waals surface area contributed by atoms with Crippen LogP contribution in [0.25, 0.3) is 0 Å². The minimum absolute atomic E-state index is 0.545. The first-order valence-corrected chi connectivity index (χ1v) is 6.48. The maximum atomic E-state index is 6.15. The largest absolute Gasteiger partial charge is 0.351 e. The van der Waals surface area contributed by atoms with Gasteiger partial charge in [-0.25, -0.2) is 9.97 Å². The van der Waals surface area contributed by atoms with E-state index in [1.165, 1.54) is 6.33 Å². The summed E-state index contributed by atoms with van der Waals surface area (Å²) in [6, 6.07) is 3.94. The molecule has 0 aliphatic rings. The van der Waals surface area contributed by atoms with Crippen LogP contribution in [0.1, 0.15) is 12.0 Å². The fraction of sp³-hybridized carbons (Fsp3) is 0.308. The van der Waals surface area contributed by atoms with Crippen LogP contribution in [0.5, 0.6) is 0 Å². The van der Waals surface area contributed by atoms with Gasteiger partial charge in [0.1, 0.15) is 11.3 Å². The van der Waals surface area contributed by atoms with Gasteiger partial charge in [0.2, 0.25) is 0 Å². The lowest BCUT2D eigenvalue weighted by atomic mass is 10.2. The maximum Gasteiger partial charge on any atom is 0.151 e.